The van der Waals surface area contributed by atoms with Crippen molar-refractivity contribution in [3.63, 3.8) is 0 Å². The zero-order chi connectivity index (χ0) is 17.3. The lowest BCUT2D eigenvalue weighted by molar-refractivity contribution is -0.144. The molecule has 0 unspecified atom stereocenters. The summed E-state index contributed by atoms with van der Waals surface area (Å²) in [5.41, 5.74) is 0.129. The molecule has 2 fully saturated rings. The van der Waals surface area contributed by atoms with Gasteiger partial charge in [-0.3, -0.25) is 9.59 Å². The summed E-state index contributed by atoms with van der Waals surface area (Å²) >= 11 is 0. The first-order valence-corrected chi connectivity index (χ1v) is 8.53. The summed E-state index contributed by atoms with van der Waals surface area (Å²) < 4.78 is 13.0. The molecule has 6 heteroatoms. The van der Waals surface area contributed by atoms with Gasteiger partial charge in [-0.2, -0.15) is 0 Å². The Morgan fingerprint density at radius 1 is 1.08 bits per heavy atom. The number of carbonyl (C=O) groups is 2. The molecule has 0 aromatic heterocycles. The SMILES string of the molecule is CC(C)NC(=O)C1(C(=O)N2CCN(c3ccc(F)cc3)CC2)CC1. The van der Waals surface area contributed by atoms with Gasteiger partial charge in [-0.25, -0.2) is 4.39 Å². The predicted molar refractivity (Wildman–Crippen MR) is 90.1 cm³/mol. The van der Waals surface area contributed by atoms with E-state index >= 15 is 0 Å². The van der Waals surface area contributed by atoms with Gasteiger partial charge in [0.15, 0.2) is 0 Å². The number of nitrogens with one attached hydrogen (secondary N) is 1. The van der Waals surface area contributed by atoms with Gasteiger partial charge in [0.2, 0.25) is 11.8 Å². The second kappa shape index (κ2) is 6.42. The van der Waals surface area contributed by atoms with Crippen molar-refractivity contribution in [3.8, 4) is 0 Å². The zero-order valence-electron chi connectivity index (χ0n) is 14.2. The van der Waals surface area contributed by atoms with Crippen molar-refractivity contribution >= 4 is 17.5 Å². The molecule has 1 aromatic carbocycles. The number of hydrogen-bond donors (Lipinski definition) is 1. The highest BCUT2D eigenvalue weighted by molar-refractivity contribution is 6.08. The van der Waals surface area contributed by atoms with Gasteiger partial charge in [-0.1, -0.05) is 0 Å². The number of benzene rings is 1. The van der Waals surface area contributed by atoms with E-state index in [0.29, 0.717) is 39.0 Å². The molecule has 1 aliphatic heterocycles. The normalized spacial score (nSPS) is 19.3. The van der Waals surface area contributed by atoms with Crippen LogP contribution < -0.4 is 10.2 Å². The van der Waals surface area contributed by atoms with Gasteiger partial charge in [-0.15, -0.1) is 0 Å². The molecule has 1 N–H and O–H groups in total. The minimum absolute atomic E-state index is 0.0399. The summed E-state index contributed by atoms with van der Waals surface area (Å²) in [6.45, 7) is 6.37. The number of anilines is 1. The predicted octanol–water partition coefficient (Wildman–Crippen LogP) is 1.78. The highest BCUT2D eigenvalue weighted by Crippen LogP contribution is 2.47. The Labute approximate surface area is 141 Å². The zero-order valence-corrected chi connectivity index (χ0v) is 14.2. The quantitative estimate of drug-likeness (QED) is 0.855. The second-order valence-electron chi connectivity index (χ2n) is 6.97. The van der Waals surface area contributed by atoms with E-state index in [-0.39, 0.29) is 23.7 Å². The molecule has 5 nitrogen and oxygen atoms in total. The molecule has 0 atom stereocenters. The molecule has 0 bridgehead atoms. The monoisotopic (exact) mass is 333 g/mol. The Hall–Kier alpha value is -2.11. The van der Waals surface area contributed by atoms with Crippen LogP contribution in [0.25, 0.3) is 0 Å². The Morgan fingerprint density at radius 2 is 1.67 bits per heavy atom. The number of piperazine rings is 1. The van der Waals surface area contributed by atoms with Gasteiger partial charge >= 0.3 is 0 Å². The van der Waals surface area contributed by atoms with Crippen molar-refractivity contribution in [2.24, 2.45) is 5.41 Å². The van der Waals surface area contributed by atoms with Crippen molar-refractivity contribution in [1.29, 1.82) is 0 Å². The number of rotatable bonds is 4. The van der Waals surface area contributed by atoms with Crippen LogP contribution in [0.2, 0.25) is 0 Å². The van der Waals surface area contributed by atoms with Crippen LogP contribution in [-0.2, 0) is 9.59 Å². The maximum Gasteiger partial charge on any atom is 0.238 e. The van der Waals surface area contributed by atoms with E-state index in [2.05, 4.69) is 10.2 Å². The number of amides is 2. The maximum absolute atomic E-state index is 13.0. The fourth-order valence-electron chi connectivity index (χ4n) is 3.19. The summed E-state index contributed by atoms with van der Waals surface area (Å²) in [6, 6.07) is 6.44. The van der Waals surface area contributed by atoms with Crippen LogP contribution in [0.5, 0.6) is 0 Å². The Morgan fingerprint density at radius 3 is 2.17 bits per heavy atom. The summed E-state index contributed by atoms with van der Waals surface area (Å²) in [5, 5.41) is 2.87. The van der Waals surface area contributed by atoms with Gasteiger partial charge < -0.3 is 15.1 Å². The topological polar surface area (TPSA) is 52.7 Å². The lowest BCUT2D eigenvalue weighted by atomic mass is 10.0. The first-order chi connectivity index (χ1) is 11.4. The van der Waals surface area contributed by atoms with Crippen molar-refractivity contribution in [2.45, 2.75) is 32.7 Å². The maximum atomic E-state index is 13.0. The highest BCUT2D eigenvalue weighted by Gasteiger charge is 2.58. The molecule has 3 rings (SSSR count). The first-order valence-electron chi connectivity index (χ1n) is 8.53. The second-order valence-corrected chi connectivity index (χ2v) is 6.97. The number of carbonyl (C=O) groups excluding carboxylic acids is 2. The van der Waals surface area contributed by atoms with Crippen LogP contribution in [0.4, 0.5) is 10.1 Å². The van der Waals surface area contributed by atoms with Crippen molar-refractivity contribution < 1.29 is 14.0 Å². The van der Waals surface area contributed by atoms with Gasteiger partial charge in [-0.05, 0) is 51.0 Å². The highest BCUT2D eigenvalue weighted by atomic mass is 19.1. The van der Waals surface area contributed by atoms with Crippen LogP contribution in [-0.4, -0.2) is 48.9 Å². The lowest BCUT2D eigenvalue weighted by Crippen LogP contribution is -2.53. The molecule has 2 amide bonds. The van der Waals surface area contributed by atoms with E-state index < -0.39 is 5.41 Å². The molecule has 1 heterocycles. The minimum atomic E-state index is -0.831. The molecule has 0 spiro atoms. The summed E-state index contributed by atoms with van der Waals surface area (Å²) in [4.78, 5) is 29.1. The smallest absolute Gasteiger partial charge is 0.238 e. The Bertz CT molecular complexity index is 618. The van der Waals surface area contributed by atoms with Gasteiger partial charge in [0.05, 0.1) is 0 Å². The van der Waals surface area contributed by atoms with Crippen LogP contribution >= 0.6 is 0 Å². The van der Waals surface area contributed by atoms with Crippen molar-refractivity contribution in [2.75, 3.05) is 31.1 Å². The Balaban J connectivity index is 1.59. The number of hydrogen-bond acceptors (Lipinski definition) is 3. The van der Waals surface area contributed by atoms with E-state index in [9.17, 15) is 14.0 Å². The van der Waals surface area contributed by atoms with Crippen LogP contribution in [0.15, 0.2) is 24.3 Å². The van der Waals surface area contributed by atoms with E-state index in [1.54, 1.807) is 17.0 Å². The van der Waals surface area contributed by atoms with Gasteiger partial charge in [0, 0.05) is 37.9 Å². The number of nitrogens with zero attached hydrogens (tertiary/aromatic N) is 2. The Kier molecular flexibility index (Phi) is 4.47. The molecular weight excluding hydrogens is 309 g/mol. The molecule has 2 aliphatic rings. The van der Waals surface area contributed by atoms with Gasteiger partial charge in [0.1, 0.15) is 11.2 Å². The fourth-order valence-corrected chi connectivity index (χ4v) is 3.19. The van der Waals surface area contributed by atoms with E-state index in [1.165, 1.54) is 12.1 Å². The summed E-state index contributed by atoms with van der Waals surface area (Å²) in [5.74, 6) is -0.428. The van der Waals surface area contributed by atoms with Crippen LogP contribution in [0.3, 0.4) is 0 Å². The molecule has 1 saturated carbocycles. The third kappa shape index (κ3) is 3.23. The molecule has 1 saturated heterocycles. The molecule has 24 heavy (non-hydrogen) atoms. The molecular formula is C18H24FN3O2. The lowest BCUT2D eigenvalue weighted by Gasteiger charge is -2.37. The molecule has 130 valence electrons. The van der Waals surface area contributed by atoms with Gasteiger partial charge in [0.25, 0.3) is 0 Å². The van der Waals surface area contributed by atoms with E-state index in [1.807, 2.05) is 13.8 Å². The first kappa shape index (κ1) is 16.7. The standard InChI is InChI=1S/C18H24FN3O2/c1-13(2)20-16(23)18(7-8-18)17(24)22-11-9-21(10-12-22)15-5-3-14(19)4-6-15/h3-6,13H,7-12H2,1-2H3,(H,20,23). The number of halogens is 1. The largest absolute Gasteiger partial charge is 0.368 e. The van der Waals surface area contributed by atoms with Crippen LogP contribution in [0, 0.1) is 11.2 Å². The van der Waals surface area contributed by atoms with E-state index in [4.69, 9.17) is 0 Å². The molecule has 0 radical (unpaired) electrons. The molecule has 1 aliphatic carbocycles. The summed E-state index contributed by atoms with van der Waals surface area (Å²) in [6.07, 6.45) is 1.28. The van der Waals surface area contributed by atoms with E-state index in [0.717, 1.165) is 5.69 Å². The third-order valence-electron chi connectivity index (χ3n) is 4.77. The van der Waals surface area contributed by atoms with Crippen molar-refractivity contribution in [3.05, 3.63) is 30.1 Å². The fraction of sp³-hybridized carbons (Fsp3) is 0.556. The average Bonchev–Trinajstić information content (AvgIpc) is 3.36. The molecule has 1 aromatic rings. The third-order valence-corrected chi connectivity index (χ3v) is 4.77. The van der Waals surface area contributed by atoms with Crippen LogP contribution in [0.1, 0.15) is 26.7 Å². The minimum Gasteiger partial charge on any atom is -0.368 e. The average molecular weight is 333 g/mol. The van der Waals surface area contributed by atoms with Crippen molar-refractivity contribution in [1.82, 2.24) is 10.2 Å². The summed E-state index contributed by atoms with van der Waals surface area (Å²) in [7, 11) is 0.